The van der Waals surface area contributed by atoms with Gasteiger partial charge in [-0.25, -0.2) is 4.98 Å². The summed E-state index contributed by atoms with van der Waals surface area (Å²) in [4.78, 5) is 20.8. The zero-order valence-corrected chi connectivity index (χ0v) is 13.6. The molecule has 3 aromatic heterocycles. The molecule has 0 saturated heterocycles. The minimum atomic E-state index is -0.248. The maximum atomic E-state index is 12.4. The highest BCUT2D eigenvalue weighted by Crippen LogP contribution is 2.15. The molecule has 9 nitrogen and oxygen atoms in total. The molecule has 0 unspecified atom stereocenters. The summed E-state index contributed by atoms with van der Waals surface area (Å²) in [7, 11) is 0. The Morgan fingerprint density at radius 2 is 2.08 bits per heavy atom. The van der Waals surface area contributed by atoms with Gasteiger partial charge in [0.2, 0.25) is 5.82 Å². The van der Waals surface area contributed by atoms with Gasteiger partial charge >= 0.3 is 0 Å². The molecule has 2 N–H and O–H groups in total. The van der Waals surface area contributed by atoms with E-state index in [0.29, 0.717) is 17.5 Å². The van der Waals surface area contributed by atoms with E-state index >= 15 is 0 Å². The molecule has 0 bridgehead atoms. The number of hydrogen-bond acceptors (Lipinski definition) is 6. The predicted molar refractivity (Wildman–Crippen MR) is 88.4 cm³/mol. The van der Waals surface area contributed by atoms with Gasteiger partial charge in [-0.2, -0.15) is 5.10 Å². The Bertz CT molecular complexity index is 869. The third-order valence-electron chi connectivity index (χ3n) is 4.20. The Morgan fingerprint density at radius 1 is 1.20 bits per heavy atom. The molecule has 1 aliphatic heterocycles. The fourth-order valence-corrected chi connectivity index (χ4v) is 2.90. The van der Waals surface area contributed by atoms with Crippen molar-refractivity contribution in [3.63, 3.8) is 0 Å². The van der Waals surface area contributed by atoms with Gasteiger partial charge in [0.05, 0.1) is 6.54 Å². The number of pyridine rings is 1. The molecule has 0 aromatic carbocycles. The van der Waals surface area contributed by atoms with E-state index in [2.05, 4.69) is 35.7 Å². The molecule has 0 radical (unpaired) electrons. The van der Waals surface area contributed by atoms with E-state index in [1.807, 2.05) is 16.7 Å². The summed E-state index contributed by atoms with van der Waals surface area (Å²) in [5, 5.41) is 18.0. The third-order valence-corrected chi connectivity index (χ3v) is 4.20. The lowest BCUT2D eigenvalue weighted by Gasteiger charge is -2.06. The molecule has 9 heteroatoms. The van der Waals surface area contributed by atoms with Crippen LogP contribution in [0.4, 0.5) is 0 Å². The lowest BCUT2D eigenvalue weighted by Crippen LogP contribution is -2.27. The highest BCUT2D eigenvalue weighted by molar-refractivity contribution is 5.90. The molecular weight excluding hydrogens is 320 g/mol. The van der Waals surface area contributed by atoms with Crippen LogP contribution in [0.5, 0.6) is 0 Å². The van der Waals surface area contributed by atoms with Crippen molar-refractivity contribution in [2.24, 2.45) is 0 Å². The lowest BCUT2D eigenvalue weighted by atomic mass is 10.2. The molecule has 0 saturated carbocycles. The van der Waals surface area contributed by atoms with Crippen LogP contribution in [0.2, 0.25) is 0 Å². The van der Waals surface area contributed by atoms with E-state index in [0.717, 1.165) is 43.6 Å². The van der Waals surface area contributed by atoms with Crippen molar-refractivity contribution in [3.05, 3.63) is 42.0 Å². The summed E-state index contributed by atoms with van der Waals surface area (Å²) >= 11 is 0. The fraction of sp³-hybridized carbons (Fsp3) is 0.375. The van der Waals surface area contributed by atoms with Gasteiger partial charge in [-0.3, -0.25) is 14.9 Å². The molecule has 4 heterocycles. The molecule has 25 heavy (non-hydrogen) atoms. The van der Waals surface area contributed by atoms with Crippen molar-refractivity contribution in [1.29, 1.82) is 0 Å². The fourth-order valence-electron chi connectivity index (χ4n) is 2.90. The highest BCUT2D eigenvalue weighted by Gasteiger charge is 2.20. The minimum absolute atomic E-state index is 0.248. The topological polar surface area (TPSA) is 114 Å². The molecule has 4 rings (SSSR count). The summed E-state index contributed by atoms with van der Waals surface area (Å²) in [5.74, 6) is 2.16. The van der Waals surface area contributed by atoms with Crippen LogP contribution >= 0.6 is 0 Å². The first kappa shape index (κ1) is 15.4. The van der Waals surface area contributed by atoms with Gasteiger partial charge in [-0.15, -0.1) is 10.2 Å². The number of hydrogen-bond donors (Lipinski definition) is 2. The number of nitrogens with one attached hydrogen (secondary N) is 2. The lowest BCUT2D eigenvalue weighted by molar-refractivity contribution is 0.0934. The zero-order valence-electron chi connectivity index (χ0n) is 13.6. The number of aromatic amines is 1. The Labute approximate surface area is 143 Å². The smallest absolute Gasteiger partial charge is 0.289 e. The average Bonchev–Trinajstić information content (AvgIpc) is 3.22. The van der Waals surface area contributed by atoms with Crippen LogP contribution in [0.1, 0.15) is 41.5 Å². The number of carbonyl (C=O) groups excluding carboxylic acids is 1. The monoisotopic (exact) mass is 338 g/mol. The summed E-state index contributed by atoms with van der Waals surface area (Å²) in [5.41, 5.74) is 0.867. The molecule has 0 spiro atoms. The number of aromatic nitrogens is 7. The van der Waals surface area contributed by atoms with E-state index in [-0.39, 0.29) is 12.5 Å². The maximum absolute atomic E-state index is 12.4. The van der Waals surface area contributed by atoms with Crippen LogP contribution < -0.4 is 5.32 Å². The van der Waals surface area contributed by atoms with Crippen LogP contribution in [-0.4, -0.2) is 40.8 Å². The zero-order chi connectivity index (χ0) is 17.1. The van der Waals surface area contributed by atoms with E-state index in [1.165, 1.54) is 0 Å². The Balaban J connectivity index is 1.43. The second-order valence-corrected chi connectivity index (χ2v) is 5.93. The van der Waals surface area contributed by atoms with E-state index in [4.69, 9.17) is 0 Å². The summed E-state index contributed by atoms with van der Waals surface area (Å²) in [6, 6.07) is 3.66. The van der Waals surface area contributed by atoms with Gasteiger partial charge < -0.3 is 9.88 Å². The van der Waals surface area contributed by atoms with Crippen LogP contribution in [-0.2, 0) is 19.5 Å². The number of rotatable bonds is 4. The number of fused-ring (bicyclic) bond motifs is 1. The molecule has 1 aliphatic rings. The highest BCUT2D eigenvalue weighted by atomic mass is 16.2. The minimum Gasteiger partial charge on any atom is -0.342 e. The average molecular weight is 338 g/mol. The molecular formula is C16H18N8O. The molecule has 3 aromatic rings. The van der Waals surface area contributed by atoms with Gasteiger partial charge in [0, 0.05) is 30.9 Å². The second-order valence-electron chi connectivity index (χ2n) is 5.93. The first-order chi connectivity index (χ1) is 12.3. The van der Waals surface area contributed by atoms with Gasteiger partial charge in [0.25, 0.3) is 5.91 Å². The van der Waals surface area contributed by atoms with Gasteiger partial charge in [-0.1, -0.05) is 6.42 Å². The summed E-state index contributed by atoms with van der Waals surface area (Å²) in [6.45, 7) is 1.04. The van der Waals surface area contributed by atoms with Crippen LogP contribution in [0.25, 0.3) is 11.4 Å². The standard InChI is InChI=1S/C16H18N8O/c25-16(15-23-21-13-4-2-1-3-9-24(13)15)18-10-12-19-14(22-20-12)11-5-7-17-8-6-11/h5-8H,1-4,9-10H2,(H,18,25)(H,19,20,22). The molecule has 0 atom stereocenters. The first-order valence-corrected chi connectivity index (χ1v) is 8.33. The molecule has 1 amide bonds. The van der Waals surface area contributed by atoms with E-state index < -0.39 is 0 Å². The second kappa shape index (κ2) is 6.80. The van der Waals surface area contributed by atoms with Crippen molar-refractivity contribution in [2.75, 3.05) is 0 Å². The number of amides is 1. The van der Waals surface area contributed by atoms with Gasteiger partial charge in [0.15, 0.2) is 5.82 Å². The number of nitrogens with zero attached hydrogens (tertiary/aromatic N) is 6. The van der Waals surface area contributed by atoms with Crippen molar-refractivity contribution in [2.45, 2.75) is 38.8 Å². The summed E-state index contributed by atoms with van der Waals surface area (Å²) in [6.07, 6.45) is 7.53. The van der Waals surface area contributed by atoms with Crippen LogP contribution in [0.3, 0.4) is 0 Å². The Hall–Kier alpha value is -3.10. The SMILES string of the molecule is O=C(NCc1nc(-c2ccncc2)n[nH]1)c1nnc2n1CCCCC2. The van der Waals surface area contributed by atoms with Crippen molar-refractivity contribution in [1.82, 2.24) is 40.2 Å². The van der Waals surface area contributed by atoms with Gasteiger partial charge in [-0.05, 0) is 25.0 Å². The maximum Gasteiger partial charge on any atom is 0.289 e. The van der Waals surface area contributed by atoms with Crippen LogP contribution in [0, 0.1) is 0 Å². The first-order valence-electron chi connectivity index (χ1n) is 8.33. The van der Waals surface area contributed by atoms with E-state index in [9.17, 15) is 4.79 Å². The van der Waals surface area contributed by atoms with E-state index in [1.54, 1.807) is 12.4 Å². The number of carbonyl (C=O) groups is 1. The molecule has 0 fully saturated rings. The summed E-state index contributed by atoms with van der Waals surface area (Å²) < 4.78 is 1.92. The Kier molecular flexibility index (Phi) is 4.19. The van der Waals surface area contributed by atoms with Crippen LogP contribution in [0.15, 0.2) is 24.5 Å². The predicted octanol–water partition coefficient (Wildman–Crippen LogP) is 1.11. The van der Waals surface area contributed by atoms with Crippen molar-refractivity contribution < 1.29 is 4.79 Å². The molecule has 0 aliphatic carbocycles. The quantitative estimate of drug-likeness (QED) is 0.736. The van der Waals surface area contributed by atoms with Crippen molar-refractivity contribution in [3.8, 4) is 11.4 Å². The Morgan fingerprint density at radius 3 is 2.96 bits per heavy atom. The number of aryl methyl sites for hydroxylation is 1. The largest absolute Gasteiger partial charge is 0.342 e. The third kappa shape index (κ3) is 3.25. The van der Waals surface area contributed by atoms with Crippen molar-refractivity contribution >= 4 is 5.91 Å². The molecule has 128 valence electrons. The normalized spacial score (nSPS) is 13.9. The van der Waals surface area contributed by atoms with Gasteiger partial charge in [0.1, 0.15) is 11.6 Å². The number of H-pyrrole nitrogens is 1.